The van der Waals surface area contributed by atoms with Gasteiger partial charge in [0.25, 0.3) is 11.4 Å². The maximum absolute atomic E-state index is 13.4. The first kappa shape index (κ1) is 25.5. The highest BCUT2D eigenvalue weighted by Gasteiger charge is 2.31. The monoisotopic (exact) mass is 462 g/mol. The molecule has 1 aromatic heterocycles. The predicted octanol–water partition coefficient (Wildman–Crippen LogP) is 1.96. The summed E-state index contributed by atoms with van der Waals surface area (Å²) in [6.45, 7) is 4.92. The van der Waals surface area contributed by atoms with Gasteiger partial charge in [0.15, 0.2) is 11.4 Å². The summed E-state index contributed by atoms with van der Waals surface area (Å²) in [6, 6.07) is -0.408. The van der Waals surface area contributed by atoms with Crippen LogP contribution in [0, 0.1) is 6.92 Å². The number of piperidine rings is 1. The van der Waals surface area contributed by atoms with Crippen LogP contribution in [0.5, 0.6) is 5.88 Å². The molecule has 1 aliphatic carbocycles. The Labute approximate surface area is 196 Å². The molecule has 1 aliphatic heterocycles. The number of aliphatic hydroxyl groups excluding tert-OH is 1. The van der Waals surface area contributed by atoms with Crippen molar-refractivity contribution in [1.82, 2.24) is 9.47 Å². The van der Waals surface area contributed by atoms with Gasteiger partial charge in [-0.2, -0.15) is 15.3 Å². The summed E-state index contributed by atoms with van der Waals surface area (Å²) in [6.07, 6.45) is 5.40. The Bertz CT molecular complexity index is 906. The number of rotatable bonds is 8. The smallest absolute Gasteiger partial charge is 0.281 e. The molecule has 184 valence electrons. The summed E-state index contributed by atoms with van der Waals surface area (Å²) in [5.74, 6) is 0.0493. The van der Waals surface area contributed by atoms with Crippen LogP contribution in [-0.2, 0) is 6.54 Å². The third kappa shape index (κ3) is 6.24. The number of pyridine rings is 1. The Morgan fingerprint density at radius 3 is 2.55 bits per heavy atom. The Kier molecular flexibility index (Phi) is 9.10. The number of nitrogens with one attached hydrogen (secondary N) is 1. The van der Waals surface area contributed by atoms with E-state index in [2.05, 4.69) is 25.4 Å². The second kappa shape index (κ2) is 11.8. The Balaban J connectivity index is 1.98. The van der Waals surface area contributed by atoms with E-state index in [0.29, 0.717) is 24.9 Å². The summed E-state index contributed by atoms with van der Waals surface area (Å²) < 4.78 is 1.45. The Hall–Kier alpha value is -2.17. The van der Waals surface area contributed by atoms with Gasteiger partial charge < -0.3 is 15.1 Å². The normalized spacial score (nSPS) is 25.0. The molecule has 10 heteroatoms. The highest BCUT2D eigenvalue weighted by molar-refractivity contribution is 5.59. The summed E-state index contributed by atoms with van der Waals surface area (Å²) in [5.41, 5.74) is 1.37. The van der Waals surface area contributed by atoms with Crippen molar-refractivity contribution in [2.45, 2.75) is 76.6 Å². The van der Waals surface area contributed by atoms with Crippen molar-refractivity contribution in [3.8, 4) is 5.88 Å². The third-order valence-corrected chi connectivity index (χ3v) is 6.79. The summed E-state index contributed by atoms with van der Waals surface area (Å²) >= 11 is 0. The molecule has 3 atom stereocenters. The molecular weight excluding hydrogens is 422 g/mol. The number of quaternary nitrogens is 1. The molecule has 2 heterocycles. The number of nitrogens with zero attached hydrogens (tertiary/aromatic N) is 6. The van der Waals surface area contributed by atoms with E-state index in [1.165, 1.54) is 15.9 Å². The first-order valence-electron chi connectivity index (χ1n) is 12.2. The standard InChI is InChI=1S/C23H39N7O3/c1-16-20(27-26-18-15-17(25-24-2)9-10-19(18)31)22(32)30(14-8-11-28(3)4)23(33)21(16)29-12-6-5-7-13-29/h17-19,31,33H,5-15H2,1-4H3/p+1. The highest BCUT2D eigenvalue weighted by atomic mass is 16.3. The summed E-state index contributed by atoms with van der Waals surface area (Å²) in [7, 11) is 5.62. The SMILES string of the molecule is CN=NC1CCC(O)C(N=Nc2c(C)c([NH+]3CCCCC3)c(O)n(CCCN(C)C)c2=O)C1. The number of hydrogen-bond acceptors (Lipinski definition) is 8. The molecule has 0 bridgehead atoms. The van der Waals surface area contributed by atoms with Crippen LogP contribution in [0.4, 0.5) is 11.4 Å². The fraction of sp³-hybridized carbons (Fsp3) is 0.783. The molecule has 0 spiro atoms. The van der Waals surface area contributed by atoms with Crippen LogP contribution in [0.3, 0.4) is 0 Å². The Morgan fingerprint density at radius 1 is 1.15 bits per heavy atom. The zero-order chi connectivity index (χ0) is 24.0. The third-order valence-electron chi connectivity index (χ3n) is 6.79. The van der Waals surface area contributed by atoms with Gasteiger partial charge in [-0.05, 0) is 72.5 Å². The van der Waals surface area contributed by atoms with Crippen molar-refractivity contribution >= 4 is 11.4 Å². The lowest BCUT2D eigenvalue weighted by molar-refractivity contribution is -0.838. The van der Waals surface area contributed by atoms with Gasteiger partial charge in [0.2, 0.25) is 0 Å². The Morgan fingerprint density at radius 2 is 1.88 bits per heavy atom. The van der Waals surface area contributed by atoms with Crippen LogP contribution in [0.15, 0.2) is 25.3 Å². The van der Waals surface area contributed by atoms with Crippen LogP contribution in [0.2, 0.25) is 0 Å². The maximum atomic E-state index is 13.4. The lowest BCUT2D eigenvalue weighted by atomic mass is 9.89. The van der Waals surface area contributed by atoms with Crippen LogP contribution >= 0.6 is 0 Å². The fourth-order valence-corrected chi connectivity index (χ4v) is 4.96. The summed E-state index contributed by atoms with van der Waals surface area (Å²) in [4.78, 5) is 16.6. The van der Waals surface area contributed by atoms with Crippen molar-refractivity contribution in [1.29, 1.82) is 0 Å². The van der Waals surface area contributed by atoms with E-state index in [-0.39, 0.29) is 23.2 Å². The van der Waals surface area contributed by atoms with Crippen molar-refractivity contribution in [2.24, 2.45) is 20.5 Å². The highest BCUT2D eigenvalue weighted by Crippen LogP contribution is 2.31. The number of aliphatic hydroxyl groups is 1. The van der Waals surface area contributed by atoms with E-state index in [0.717, 1.165) is 51.0 Å². The van der Waals surface area contributed by atoms with E-state index in [9.17, 15) is 15.0 Å². The van der Waals surface area contributed by atoms with Crippen LogP contribution in [0.25, 0.3) is 0 Å². The van der Waals surface area contributed by atoms with Gasteiger partial charge in [-0.3, -0.25) is 14.3 Å². The second-order valence-electron chi connectivity index (χ2n) is 9.58. The second-order valence-corrected chi connectivity index (χ2v) is 9.58. The molecule has 10 nitrogen and oxygen atoms in total. The zero-order valence-electron chi connectivity index (χ0n) is 20.5. The van der Waals surface area contributed by atoms with Crippen LogP contribution < -0.4 is 10.5 Å². The number of azo groups is 2. The van der Waals surface area contributed by atoms with Gasteiger partial charge in [0.05, 0.1) is 31.3 Å². The van der Waals surface area contributed by atoms with E-state index >= 15 is 0 Å². The van der Waals surface area contributed by atoms with Crippen LogP contribution in [-0.4, -0.2) is 78.6 Å². The molecule has 0 aromatic carbocycles. The van der Waals surface area contributed by atoms with Gasteiger partial charge in [0, 0.05) is 19.2 Å². The number of aromatic hydroxyl groups is 1. The molecule has 2 aliphatic rings. The average molecular weight is 463 g/mol. The minimum absolute atomic E-state index is 0.0133. The molecule has 33 heavy (non-hydrogen) atoms. The fourth-order valence-electron chi connectivity index (χ4n) is 4.96. The molecule has 1 aromatic rings. The molecular formula is C23H40N7O3+. The molecule has 3 N–H and O–H groups in total. The van der Waals surface area contributed by atoms with Crippen molar-refractivity contribution in [3.63, 3.8) is 0 Å². The maximum Gasteiger partial charge on any atom is 0.281 e. The molecule has 3 unspecified atom stereocenters. The zero-order valence-corrected chi connectivity index (χ0v) is 20.5. The first-order valence-corrected chi connectivity index (χ1v) is 12.2. The van der Waals surface area contributed by atoms with Gasteiger partial charge in [-0.15, -0.1) is 5.11 Å². The largest absolute Gasteiger partial charge is 0.490 e. The molecule has 3 rings (SSSR count). The molecule has 2 fully saturated rings. The van der Waals surface area contributed by atoms with Crippen molar-refractivity contribution < 1.29 is 15.1 Å². The van der Waals surface area contributed by atoms with Crippen molar-refractivity contribution in [3.05, 3.63) is 15.9 Å². The van der Waals surface area contributed by atoms with Gasteiger partial charge in [-0.25, -0.2) is 0 Å². The van der Waals surface area contributed by atoms with E-state index in [1.54, 1.807) is 7.05 Å². The molecule has 0 radical (unpaired) electrons. The minimum atomic E-state index is -0.607. The lowest BCUT2D eigenvalue weighted by Crippen LogP contribution is -3.08. The first-order chi connectivity index (χ1) is 15.8. The van der Waals surface area contributed by atoms with Crippen molar-refractivity contribution in [2.75, 3.05) is 40.8 Å². The quantitative estimate of drug-likeness (QED) is 0.512. The topological polar surface area (TPSA) is 120 Å². The van der Waals surface area contributed by atoms with E-state index in [4.69, 9.17) is 0 Å². The number of aromatic nitrogens is 1. The van der Waals surface area contributed by atoms with Gasteiger partial charge in [-0.1, -0.05) is 0 Å². The minimum Gasteiger partial charge on any atom is -0.490 e. The molecule has 1 saturated heterocycles. The van der Waals surface area contributed by atoms with E-state index < -0.39 is 12.1 Å². The van der Waals surface area contributed by atoms with Crippen LogP contribution in [0.1, 0.15) is 50.5 Å². The molecule has 1 saturated carbocycles. The number of hydrogen-bond donors (Lipinski definition) is 3. The van der Waals surface area contributed by atoms with E-state index in [1.807, 2.05) is 21.0 Å². The van der Waals surface area contributed by atoms with Gasteiger partial charge in [0.1, 0.15) is 0 Å². The summed E-state index contributed by atoms with van der Waals surface area (Å²) in [5, 5.41) is 38.5. The predicted molar refractivity (Wildman–Crippen MR) is 127 cm³/mol. The van der Waals surface area contributed by atoms with Gasteiger partial charge >= 0.3 is 0 Å². The molecule has 0 amide bonds. The average Bonchev–Trinajstić information content (AvgIpc) is 2.78. The lowest BCUT2D eigenvalue weighted by Gasteiger charge is -2.28.